The van der Waals surface area contributed by atoms with E-state index in [0.29, 0.717) is 0 Å². The van der Waals surface area contributed by atoms with Crippen LogP contribution in [0.25, 0.3) is 0 Å². The lowest BCUT2D eigenvalue weighted by atomic mass is 9.99. The van der Waals surface area contributed by atoms with Gasteiger partial charge in [-0.25, -0.2) is 5.90 Å². The molecule has 0 heterocycles. The average molecular weight is 176 g/mol. The van der Waals surface area contributed by atoms with Crippen LogP contribution >= 0.6 is 0 Å². The van der Waals surface area contributed by atoms with E-state index in [-0.39, 0.29) is 18.3 Å². The number of carbonyl (C=O) groups excluding carboxylic acids is 1. The summed E-state index contributed by atoms with van der Waals surface area (Å²) in [5.41, 5.74) is 5.30. The third kappa shape index (κ3) is 2.86. The molecule has 0 aliphatic heterocycles. The smallest absolute Gasteiger partial charge is 0.182 e. The summed E-state index contributed by atoms with van der Waals surface area (Å²) < 4.78 is 0. The Morgan fingerprint density at radius 1 is 1.58 bits per heavy atom. The summed E-state index contributed by atoms with van der Waals surface area (Å²) in [5.74, 6) is 4.50. The lowest BCUT2D eigenvalue weighted by Crippen LogP contribution is -2.45. The Hall–Kier alpha value is -0.490. The van der Waals surface area contributed by atoms with Gasteiger partial charge in [-0.05, 0) is 5.92 Å². The van der Waals surface area contributed by atoms with E-state index in [2.05, 4.69) is 4.84 Å². The van der Waals surface area contributed by atoms with E-state index in [1.54, 1.807) is 13.8 Å². The highest BCUT2D eigenvalue weighted by Gasteiger charge is 2.26. The first kappa shape index (κ1) is 11.5. The van der Waals surface area contributed by atoms with Gasteiger partial charge in [-0.15, -0.1) is 0 Å². The zero-order valence-corrected chi connectivity index (χ0v) is 7.36. The first-order chi connectivity index (χ1) is 5.54. The molecule has 0 aromatic carbocycles. The summed E-state index contributed by atoms with van der Waals surface area (Å²) in [6.45, 7) is 3.20. The molecule has 0 bridgehead atoms. The maximum atomic E-state index is 11.3. The second-order valence-corrected chi connectivity index (χ2v) is 2.99. The number of aliphatic hydroxyl groups excluding tert-OH is 1. The van der Waals surface area contributed by atoms with Crippen molar-refractivity contribution >= 4 is 5.78 Å². The number of rotatable bonds is 5. The van der Waals surface area contributed by atoms with Crippen LogP contribution in [0.3, 0.4) is 0 Å². The third-order valence-electron chi connectivity index (χ3n) is 1.59. The second-order valence-electron chi connectivity index (χ2n) is 2.99. The molecule has 0 radical (unpaired) electrons. The molecule has 1 unspecified atom stereocenters. The number of hydrogen-bond acceptors (Lipinski definition) is 5. The van der Waals surface area contributed by atoms with Crippen molar-refractivity contribution in [2.45, 2.75) is 26.0 Å². The molecule has 2 atom stereocenters. The van der Waals surface area contributed by atoms with Crippen LogP contribution in [0, 0.1) is 5.92 Å². The first-order valence-corrected chi connectivity index (χ1v) is 3.80. The second kappa shape index (κ2) is 5.21. The molecular formula is C7H16N2O3. The molecule has 12 heavy (non-hydrogen) atoms. The molecule has 0 saturated heterocycles. The van der Waals surface area contributed by atoms with E-state index in [4.69, 9.17) is 16.7 Å². The first-order valence-electron chi connectivity index (χ1n) is 3.80. The Balaban J connectivity index is 4.21. The number of ketones is 1. The maximum Gasteiger partial charge on any atom is 0.182 e. The lowest BCUT2D eigenvalue weighted by molar-refractivity contribution is -0.135. The zero-order chi connectivity index (χ0) is 9.72. The van der Waals surface area contributed by atoms with Crippen LogP contribution in [-0.2, 0) is 9.63 Å². The van der Waals surface area contributed by atoms with Gasteiger partial charge in [0.15, 0.2) is 5.78 Å². The van der Waals surface area contributed by atoms with Gasteiger partial charge in [0.25, 0.3) is 0 Å². The monoisotopic (exact) mass is 176 g/mol. The van der Waals surface area contributed by atoms with Crippen LogP contribution in [0.4, 0.5) is 0 Å². The highest BCUT2D eigenvalue weighted by atomic mass is 16.6. The minimum atomic E-state index is -0.902. The molecule has 0 amide bonds. The fraction of sp³-hybridized carbons (Fsp3) is 0.857. The van der Waals surface area contributed by atoms with Gasteiger partial charge in [0, 0.05) is 0 Å². The van der Waals surface area contributed by atoms with Crippen molar-refractivity contribution in [2.24, 2.45) is 17.5 Å². The molecule has 5 heteroatoms. The zero-order valence-electron chi connectivity index (χ0n) is 7.36. The van der Waals surface area contributed by atoms with Crippen molar-refractivity contribution in [3.63, 3.8) is 0 Å². The van der Waals surface area contributed by atoms with Crippen molar-refractivity contribution in [2.75, 3.05) is 6.61 Å². The van der Waals surface area contributed by atoms with Gasteiger partial charge in [0.2, 0.25) is 0 Å². The molecule has 0 aromatic rings. The number of aliphatic hydroxyl groups is 1. The summed E-state index contributed by atoms with van der Waals surface area (Å²) in [6, 6.07) is -0.902. The fourth-order valence-corrected chi connectivity index (χ4v) is 0.854. The number of carbonyl (C=O) groups is 1. The molecular weight excluding hydrogens is 160 g/mol. The molecule has 5 N–H and O–H groups in total. The molecule has 0 rings (SSSR count). The molecule has 0 fully saturated rings. The van der Waals surface area contributed by atoms with Gasteiger partial charge in [0.05, 0.1) is 12.6 Å². The summed E-state index contributed by atoms with van der Waals surface area (Å²) in [4.78, 5) is 15.7. The standard InChI is InChI=1S/C7H16N2O3/c1-4(2)7(12-9)6(11)5(8)3-10/h4-5,7,10H,3,8-9H2,1-2H3/t5-,7?/m0/s1. The average Bonchev–Trinajstić information content (AvgIpc) is 2.03. The molecule has 0 aromatic heterocycles. The van der Waals surface area contributed by atoms with Crippen LogP contribution in [0.15, 0.2) is 0 Å². The van der Waals surface area contributed by atoms with E-state index < -0.39 is 12.1 Å². The highest BCUT2D eigenvalue weighted by Crippen LogP contribution is 2.06. The van der Waals surface area contributed by atoms with Gasteiger partial charge in [0.1, 0.15) is 6.10 Å². The van der Waals surface area contributed by atoms with Crippen molar-refractivity contribution < 1.29 is 14.7 Å². The largest absolute Gasteiger partial charge is 0.394 e. The topological polar surface area (TPSA) is 98.6 Å². The Labute approximate surface area is 71.6 Å². The van der Waals surface area contributed by atoms with E-state index in [9.17, 15) is 4.79 Å². The SMILES string of the molecule is CC(C)C(ON)C(=O)[C@@H](N)CO. The van der Waals surface area contributed by atoms with Gasteiger partial charge in [-0.2, -0.15) is 0 Å². The molecule has 72 valence electrons. The van der Waals surface area contributed by atoms with Gasteiger partial charge in [-0.3, -0.25) is 9.63 Å². The Kier molecular flexibility index (Phi) is 5.00. The van der Waals surface area contributed by atoms with E-state index >= 15 is 0 Å². The van der Waals surface area contributed by atoms with E-state index in [1.807, 2.05) is 0 Å². The Morgan fingerprint density at radius 3 is 2.33 bits per heavy atom. The molecule has 5 nitrogen and oxygen atoms in total. The van der Waals surface area contributed by atoms with Gasteiger partial charge >= 0.3 is 0 Å². The predicted octanol–water partition coefficient (Wildman–Crippen LogP) is -1.21. The van der Waals surface area contributed by atoms with Crippen LogP contribution in [-0.4, -0.2) is 29.6 Å². The van der Waals surface area contributed by atoms with Gasteiger partial charge in [-0.1, -0.05) is 13.8 Å². The summed E-state index contributed by atoms with van der Waals surface area (Å²) >= 11 is 0. The summed E-state index contributed by atoms with van der Waals surface area (Å²) in [6.07, 6.45) is -0.729. The van der Waals surface area contributed by atoms with Crippen molar-refractivity contribution in [1.82, 2.24) is 0 Å². The molecule has 0 saturated carbocycles. The summed E-state index contributed by atoms with van der Waals surface area (Å²) in [5, 5.41) is 8.59. The van der Waals surface area contributed by atoms with Gasteiger partial charge < -0.3 is 10.8 Å². The van der Waals surface area contributed by atoms with Crippen molar-refractivity contribution in [3.8, 4) is 0 Å². The molecule has 0 aliphatic carbocycles. The minimum Gasteiger partial charge on any atom is -0.394 e. The van der Waals surface area contributed by atoms with E-state index in [0.717, 1.165) is 0 Å². The number of hydrogen-bond donors (Lipinski definition) is 3. The number of nitrogens with two attached hydrogens (primary N) is 2. The normalized spacial score (nSPS) is 16.2. The predicted molar refractivity (Wildman–Crippen MR) is 44.0 cm³/mol. The van der Waals surface area contributed by atoms with Crippen LogP contribution in [0.2, 0.25) is 0 Å². The Bertz CT molecular complexity index is 150. The maximum absolute atomic E-state index is 11.3. The summed E-state index contributed by atoms with van der Waals surface area (Å²) in [7, 11) is 0. The van der Waals surface area contributed by atoms with Crippen molar-refractivity contribution in [1.29, 1.82) is 0 Å². The van der Waals surface area contributed by atoms with Crippen LogP contribution in [0.1, 0.15) is 13.8 Å². The fourth-order valence-electron chi connectivity index (χ4n) is 0.854. The van der Waals surface area contributed by atoms with Crippen molar-refractivity contribution in [3.05, 3.63) is 0 Å². The van der Waals surface area contributed by atoms with Crippen LogP contribution in [0.5, 0.6) is 0 Å². The minimum absolute atomic E-state index is 0.0416. The highest BCUT2D eigenvalue weighted by molar-refractivity contribution is 5.88. The molecule has 0 spiro atoms. The number of Topliss-reactive ketones (excluding diaryl/α,β-unsaturated/α-hetero) is 1. The van der Waals surface area contributed by atoms with Crippen LogP contribution < -0.4 is 11.6 Å². The lowest BCUT2D eigenvalue weighted by Gasteiger charge is -2.19. The third-order valence-corrected chi connectivity index (χ3v) is 1.59. The molecule has 0 aliphatic rings. The Morgan fingerprint density at radius 2 is 2.08 bits per heavy atom. The van der Waals surface area contributed by atoms with E-state index in [1.165, 1.54) is 0 Å². The quantitative estimate of drug-likeness (QED) is 0.456.